The summed E-state index contributed by atoms with van der Waals surface area (Å²) >= 11 is 0. The summed E-state index contributed by atoms with van der Waals surface area (Å²) in [7, 11) is 0. The average molecular weight is 253 g/mol. The largest absolute Gasteiger partial charge is 0.464 e. The number of nitrogens with two attached hydrogens (primary N) is 1. The van der Waals surface area contributed by atoms with Gasteiger partial charge in [0.15, 0.2) is 0 Å². The van der Waals surface area contributed by atoms with Crippen LogP contribution in [0.25, 0.3) is 11.0 Å². The third kappa shape index (κ3) is 2.36. The van der Waals surface area contributed by atoms with Gasteiger partial charge < -0.3 is 4.42 Å². The van der Waals surface area contributed by atoms with Crippen molar-refractivity contribution in [3.63, 3.8) is 0 Å². The lowest BCUT2D eigenvalue weighted by Gasteiger charge is -2.14. The molecule has 3 aromatic rings. The molecule has 1 atom stereocenters. The standard InChI is InChI=1S/C15H15N3O/c16-18-14(9-11-5-7-17-8-6-11)13-10-19-15-4-2-1-3-12(13)15/h1-8,10,14,18H,9,16H2. The Kier molecular flexibility index (Phi) is 3.27. The minimum atomic E-state index is 0.0195. The molecule has 4 nitrogen and oxygen atoms in total. The molecule has 0 amide bonds. The Labute approximate surface area is 111 Å². The predicted molar refractivity (Wildman–Crippen MR) is 74.2 cm³/mol. The predicted octanol–water partition coefficient (Wildman–Crippen LogP) is 2.57. The lowest BCUT2D eigenvalue weighted by molar-refractivity contribution is 0.536. The first-order valence-corrected chi connectivity index (χ1v) is 6.19. The first kappa shape index (κ1) is 11.9. The molecule has 4 heteroatoms. The van der Waals surface area contributed by atoms with E-state index in [0.29, 0.717) is 0 Å². The van der Waals surface area contributed by atoms with Crippen LogP contribution in [0.1, 0.15) is 17.2 Å². The molecule has 2 aromatic heterocycles. The van der Waals surface area contributed by atoms with Crippen molar-refractivity contribution < 1.29 is 4.42 Å². The first-order valence-electron chi connectivity index (χ1n) is 6.19. The molecule has 1 unspecified atom stereocenters. The zero-order valence-electron chi connectivity index (χ0n) is 10.4. The second-order valence-corrected chi connectivity index (χ2v) is 4.47. The van der Waals surface area contributed by atoms with Gasteiger partial charge in [-0.15, -0.1) is 0 Å². The van der Waals surface area contributed by atoms with Gasteiger partial charge in [-0.25, -0.2) is 0 Å². The zero-order valence-corrected chi connectivity index (χ0v) is 10.4. The van der Waals surface area contributed by atoms with Crippen LogP contribution >= 0.6 is 0 Å². The molecule has 0 saturated carbocycles. The summed E-state index contributed by atoms with van der Waals surface area (Å²) in [6.45, 7) is 0. The van der Waals surface area contributed by atoms with Crippen molar-refractivity contribution in [2.75, 3.05) is 0 Å². The molecule has 1 aromatic carbocycles. The van der Waals surface area contributed by atoms with E-state index in [4.69, 9.17) is 10.3 Å². The van der Waals surface area contributed by atoms with E-state index < -0.39 is 0 Å². The Morgan fingerprint density at radius 3 is 2.74 bits per heavy atom. The fourth-order valence-corrected chi connectivity index (χ4v) is 2.28. The van der Waals surface area contributed by atoms with Gasteiger partial charge in [-0.1, -0.05) is 18.2 Å². The fraction of sp³-hybridized carbons (Fsp3) is 0.133. The van der Waals surface area contributed by atoms with Crippen molar-refractivity contribution in [3.8, 4) is 0 Å². The van der Waals surface area contributed by atoms with Gasteiger partial charge in [0.2, 0.25) is 0 Å². The lowest BCUT2D eigenvalue weighted by Crippen LogP contribution is -2.29. The van der Waals surface area contributed by atoms with E-state index in [9.17, 15) is 0 Å². The van der Waals surface area contributed by atoms with Crippen LogP contribution in [0.15, 0.2) is 59.5 Å². The molecule has 0 bridgehead atoms. The lowest BCUT2D eigenvalue weighted by atomic mass is 9.99. The van der Waals surface area contributed by atoms with Gasteiger partial charge in [0, 0.05) is 23.3 Å². The third-order valence-corrected chi connectivity index (χ3v) is 3.28. The Morgan fingerprint density at radius 2 is 1.95 bits per heavy atom. The summed E-state index contributed by atoms with van der Waals surface area (Å²) < 4.78 is 5.56. The average Bonchev–Trinajstić information content (AvgIpc) is 2.90. The number of benzene rings is 1. The third-order valence-electron chi connectivity index (χ3n) is 3.28. The van der Waals surface area contributed by atoms with Gasteiger partial charge in [0.1, 0.15) is 5.58 Å². The zero-order chi connectivity index (χ0) is 13.1. The van der Waals surface area contributed by atoms with E-state index in [1.165, 1.54) is 5.56 Å². The Bertz CT molecular complexity index is 663. The van der Waals surface area contributed by atoms with Crippen LogP contribution < -0.4 is 11.3 Å². The smallest absolute Gasteiger partial charge is 0.134 e. The molecular formula is C15H15N3O. The SMILES string of the molecule is NNC(Cc1ccncc1)c1coc2ccccc12. The molecule has 0 fully saturated rings. The van der Waals surface area contributed by atoms with Gasteiger partial charge in [-0.05, 0) is 30.2 Å². The number of aromatic nitrogens is 1. The molecule has 0 radical (unpaired) electrons. The minimum absolute atomic E-state index is 0.0195. The molecule has 0 aliphatic carbocycles. The Hall–Kier alpha value is -2.17. The molecular weight excluding hydrogens is 238 g/mol. The van der Waals surface area contributed by atoms with E-state index in [2.05, 4.69) is 10.4 Å². The van der Waals surface area contributed by atoms with Gasteiger partial charge >= 0.3 is 0 Å². The number of hydrogen-bond donors (Lipinski definition) is 2. The van der Waals surface area contributed by atoms with Crippen molar-refractivity contribution >= 4 is 11.0 Å². The number of rotatable bonds is 4. The quantitative estimate of drug-likeness (QED) is 0.554. The molecule has 19 heavy (non-hydrogen) atoms. The normalized spacial score (nSPS) is 12.7. The summed E-state index contributed by atoms with van der Waals surface area (Å²) in [5.41, 5.74) is 6.01. The Balaban J connectivity index is 1.94. The summed E-state index contributed by atoms with van der Waals surface area (Å²) in [4.78, 5) is 4.02. The summed E-state index contributed by atoms with van der Waals surface area (Å²) in [5.74, 6) is 5.70. The second kappa shape index (κ2) is 5.22. The highest BCUT2D eigenvalue weighted by molar-refractivity contribution is 5.81. The topological polar surface area (TPSA) is 64.1 Å². The van der Waals surface area contributed by atoms with Crippen molar-refractivity contribution in [2.24, 2.45) is 5.84 Å². The molecule has 0 saturated heterocycles. The fourth-order valence-electron chi connectivity index (χ4n) is 2.28. The molecule has 96 valence electrons. The number of para-hydroxylation sites is 1. The second-order valence-electron chi connectivity index (χ2n) is 4.47. The maximum atomic E-state index is 5.70. The van der Waals surface area contributed by atoms with Crippen LogP contribution in [0.3, 0.4) is 0 Å². The number of furan rings is 1. The number of fused-ring (bicyclic) bond motifs is 1. The van der Waals surface area contributed by atoms with E-state index in [1.807, 2.05) is 36.4 Å². The summed E-state index contributed by atoms with van der Waals surface area (Å²) in [5, 5.41) is 1.10. The minimum Gasteiger partial charge on any atom is -0.464 e. The van der Waals surface area contributed by atoms with E-state index in [1.54, 1.807) is 18.7 Å². The van der Waals surface area contributed by atoms with Gasteiger partial charge in [0.25, 0.3) is 0 Å². The van der Waals surface area contributed by atoms with E-state index in [-0.39, 0.29) is 6.04 Å². The number of hydrogen-bond acceptors (Lipinski definition) is 4. The maximum absolute atomic E-state index is 5.70. The Morgan fingerprint density at radius 1 is 1.16 bits per heavy atom. The molecule has 3 N–H and O–H groups in total. The summed E-state index contributed by atoms with van der Waals surface area (Å²) in [6.07, 6.45) is 6.14. The molecule has 2 heterocycles. The monoisotopic (exact) mass is 253 g/mol. The first-order chi connectivity index (χ1) is 9.38. The van der Waals surface area contributed by atoms with E-state index >= 15 is 0 Å². The number of pyridine rings is 1. The van der Waals surface area contributed by atoms with Crippen LogP contribution in [0, 0.1) is 0 Å². The van der Waals surface area contributed by atoms with Crippen LogP contribution in [-0.4, -0.2) is 4.98 Å². The molecule has 0 aliphatic heterocycles. The number of nitrogens with zero attached hydrogens (tertiary/aromatic N) is 1. The van der Waals surface area contributed by atoms with Crippen molar-refractivity contribution in [3.05, 3.63) is 66.2 Å². The van der Waals surface area contributed by atoms with Gasteiger partial charge in [-0.2, -0.15) is 0 Å². The highest BCUT2D eigenvalue weighted by atomic mass is 16.3. The van der Waals surface area contributed by atoms with Gasteiger partial charge in [-0.3, -0.25) is 16.3 Å². The van der Waals surface area contributed by atoms with Crippen molar-refractivity contribution in [1.82, 2.24) is 10.4 Å². The van der Waals surface area contributed by atoms with Crippen molar-refractivity contribution in [1.29, 1.82) is 0 Å². The van der Waals surface area contributed by atoms with Crippen LogP contribution in [-0.2, 0) is 6.42 Å². The molecule has 0 aliphatic rings. The number of nitrogens with one attached hydrogen (secondary N) is 1. The van der Waals surface area contributed by atoms with Crippen LogP contribution in [0.4, 0.5) is 0 Å². The molecule has 0 spiro atoms. The highest BCUT2D eigenvalue weighted by Crippen LogP contribution is 2.27. The van der Waals surface area contributed by atoms with Gasteiger partial charge in [0.05, 0.1) is 12.3 Å². The number of hydrazine groups is 1. The van der Waals surface area contributed by atoms with Crippen LogP contribution in [0.5, 0.6) is 0 Å². The van der Waals surface area contributed by atoms with Crippen molar-refractivity contribution in [2.45, 2.75) is 12.5 Å². The molecule has 3 rings (SSSR count). The summed E-state index contributed by atoms with van der Waals surface area (Å²) in [6, 6.07) is 12.0. The highest BCUT2D eigenvalue weighted by Gasteiger charge is 2.16. The maximum Gasteiger partial charge on any atom is 0.134 e. The van der Waals surface area contributed by atoms with Crippen LogP contribution in [0.2, 0.25) is 0 Å². The van der Waals surface area contributed by atoms with E-state index in [0.717, 1.165) is 23.0 Å².